The lowest BCUT2D eigenvalue weighted by atomic mass is 10.2. The third-order valence-electron chi connectivity index (χ3n) is 3.57. The van der Waals surface area contributed by atoms with Crippen LogP contribution in [-0.2, 0) is 10.0 Å². The fraction of sp³-hybridized carbons (Fsp3) is 0.462. The van der Waals surface area contributed by atoms with E-state index in [1.807, 2.05) is 13.8 Å². The Labute approximate surface area is 124 Å². The summed E-state index contributed by atoms with van der Waals surface area (Å²) in [6.07, 6.45) is 3.36. The molecule has 0 saturated heterocycles. The number of nitrogens with one attached hydrogen (secondary N) is 1. The molecule has 21 heavy (non-hydrogen) atoms. The van der Waals surface area contributed by atoms with Crippen molar-refractivity contribution in [2.75, 3.05) is 12.5 Å². The number of anilines is 1. The number of nitrogens with zero attached hydrogens (tertiary/aromatic N) is 3. The fourth-order valence-corrected chi connectivity index (χ4v) is 3.89. The van der Waals surface area contributed by atoms with Gasteiger partial charge in [0.1, 0.15) is 5.65 Å². The molecule has 0 bridgehead atoms. The Balaban J connectivity index is 2.59. The van der Waals surface area contributed by atoms with Gasteiger partial charge in [0.25, 0.3) is 10.0 Å². The van der Waals surface area contributed by atoms with Crippen LogP contribution in [0.2, 0.25) is 0 Å². The summed E-state index contributed by atoms with van der Waals surface area (Å²) in [6, 6.07) is 5.18. The standard InChI is InChI=1S/C13H21N5O2S/c1-4-7-10(2)17(3)21(19,20)13-12(16-14)15-11-8-5-6-9-18(11)13/h5-6,8-10,16H,4,7,14H2,1-3H3. The van der Waals surface area contributed by atoms with Gasteiger partial charge in [-0.3, -0.25) is 4.40 Å². The quantitative estimate of drug-likeness (QED) is 0.622. The predicted molar refractivity (Wildman–Crippen MR) is 82.3 cm³/mol. The Bertz CT molecular complexity index is 725. The van der Waals surface area contributed by atoms with Crippen molar-refractivity contribution in [2.45, 2.75) is 37.8 Å². The number of hydrogen-bond acceptors (Lipinski definition) is 5. The first-order valence-electron chi connectivity index (χ1n) is 6.85. The van der Waals surface area contributed by atoms with Crippen LogP contribution in [0.5, 0.6) is 0 Å². The van der Waals surface area contributed by atoms with Crippen molar-refractivity contribution in [2.24, 2.45) is 5.84 Å². The summed E-state index contributed by atoms with van der Waals surface area (Å²) in [5.74, 6) is 5.59. The van der Waals surface area contributed by atoms with Crippen LogP contribution in [0.1, 0.15) is 26.7 Å². The van der Waals surface area contributed by atoms with Gasteiger partial charge in [-0.15, -0.1) is 0 Å². The van der Waals surface area contributed by atoms with Crippen LogP contribution in [0.25, 0.3) is 5.65 Å². The smallest absolute Gasteiger partial charge is 0.262 e. The van der Waals surface area contributed by atoms with Gasteiger partial charge in [-0.1, -0.05) is 19.4 Å². The lowest BCUT2D eigenvalue weighted by Crippen LogP contribution is -2.36. The molecule has 2 aromatic heterocycles. The van der Waals surface area contributed by atoms with Crippen molar-refractivity contribution in [3.8, 4) is 0 Å². The van der Waals surface area contributed by atoms with Gasteiger partial charge >= 0.3 is 0 Å². The highest BCUT2D eigenvalue weighted by Gasteiger charge is 2.31. The molecular weight excluding hydrogens is 290 g/mol. The molecule has 2 rings (SSSR count). The topological polar surface area (TPSA) is 92.7 Å². The molecule has 0 amide bonds. The van der Waals surface area contributed by atoms with Gasteiger partial charge in [-0.05, 0) is 25.5 Å². The largest absolute Gasteiger partial charge is 0.306 e. The van der Waals surface area contributed by atoms with E-state index >= 15 is 0 Å². The van der Waals surface area contributed by atoms with Crippen LogP contribution in [0.3, 0.4) is 0 Å². The van der Waals surface area contributed by atoms with Crippen molar-refractivity contribution in [3.63, 3.8) is 0 Å². The van der Waals surface area contributed by atoms with Gasteiger partial charge in [0.15, 0.2) is 5.82 Å². The summed E-state index contributed by atoms with van der Waals surface area (Å²) >= 11 is 0. The molecule has 1 atom stereocenters. The number of aromatic nitrogens is 2. The highest BCUT2D eigenvalue weighted by molar-refractivity contribution is 7.89. The number of imidazole rings is 1. The summed E-state index contributed by atoms with van der Waals surface area (Å²) in [4.78, 5) is 4.21. The summed E-state index contributed by atoms with van der Waals surface area (Å²) in [5, 5.41) is 0.0612. The molecule has 0 fully saturated rings. The maximum Gasteiger partial charge on any atom is 0.262 e. The number of rotatable bonds is 6. The van der Waals surface area contributed by atoms with Crippen LogP contribution in [0.15, 0.2) is 29.4 Å². The highest BCUT2D eigenvalue weighted by Crippen LogP contribution is 2.26. The molecule has 2 heterocycles. The molecule has 116 valence electrons. The molecule has 0 aromatic carbocycles. The zero-order chi connectivity index (χ0) is 15.6. The molecule has 0 radical (unpaired) electrons. The number of nitrogen functional groups attached to an aromatic ring is 1. The highest BCUT2D eigenvalue weighted by atomic mass is 32.2. The average molecular weight is 311 g/mol. The number of hydrazine groups is 1. The monoisotopic (exact) mass is 311 g/mol. The Hall–Kier alpha value is -1.64. The van der Waals surface area contributed by atoms with E-state index in [2.05, 4.69) is 10.4 Å². The molecule has 7 nitrogen and oxygen atoms in total. The van der Waals surface area contributed by atoms with Gasteiger partial charge in [0.05, 0.1) is 0 Å². The van der Waals surface area contributed by atoms with Gasteiger partial charge in [-0.25, -0.2) is 19.2 Å². The number of sulfonamides is 1. The van der Waals surface area contributed by atoms with E-state index in [0.29, 0.717) is 5.65 Å². The minimum absolute atomic E-state index is 0.0612. The number of nitrogens with two attached hydrogens (primary N) is 1. The zero-order valence-electron chi connectivity index (χ0n) is 12.4. The fourth-order valence-electron chi connectivity index (χ4n) is 2.29. The van der Waals surface area contributed by atoms with Gasteiger partial charge in [0.2, 0.25) is 5.03 Å². The molecule has 0 aliphatic heterocycles. The third-order valence-corrected chi connectivity index (χ3v) is 5.57. The summed E-state index contributed by atoms with van der Waals surface area (Å²) in [6.45, 7) is 3.91. The minimum Gasteiger partial charge on any atom is -0.306 e. The molecule has 8 heteroatoms. The van der Waals surface area contributed by atoms with Crippen molar-refractivity contribution in [1.82, 2.24) is 13.7 Å². The molecular formula is C13H21N5O2S. The van der Waals surface area contributed by atoms with Gasteiger partial charge in [0, 0.05) is 19.3 Å². The van der Waals surface area contributed by atoms with Crippen LogP contribution >= 0.6 is 0 Å². The first-order chi connectivity index (χ1) is 9.93. The second-order valence-corrected chi connectivity index (χ2v) is 6.91. The van der Waals surface area contributed by atoms with E-state index in [0.717, 1.165) is 12.8 Å². The van der Waals surface area contributed by atoms with Crippen molar-refractivity contribution in [1.29, 1.82) is 0 Å². The summed E-state index contributed by atoms with van der Waals surface area (Å²) < 4.78 is 28.6. The number of fused-ring (bicyclic) bond motifs is 1. The predicted octanol–water partition coefficient (Wildman–Crippen LogP) is 1.43. The minimum atomic E-state index is -3.70. The lowest BCUT2D eigenvalue weighted by molar-refractivity contribution is 0.367. The number of pyridine rings is 1. The number of hydrogen-bond donors (Lipinski definition) is 2. The van der Waals surface area contributed by atoms with Crippen molar-refractivity contribution in [3.05, 3.63) is 24.4 Å². The zero-order valence-corrected chi connectivity index (χ0v) is 13.3. The maximum absolute atomic E-state index is 12.9. The first-order valence-corrected chi connectivity index (χ1v) is 8.29. The Morgan fingerprint density at radius 3 is 2.81 bits per heavy atom. The van der Waals surface area contributed by atoms with E-state index in [9.17, 15) is 8.42 Å². The lowest BCUT2D eigenvalue weighted by Gasteiger charge is -2.24. The van der Waals surface area contributed by atoms with Crippen LogP contribution in [0.4, 0.5) is 5.82 Å². The molecule has 1 unspecified atom stereocenters. The SMILES string of the molecule is CCCC(C)N(C)S(=O)(=O)c1c(NN)nc2ccccn12. The first kappa shape index (κ1) is 15.7. The Morgan fingerprint density at radius 1 is 1.48 bits per heavy atom. The molecule has 0 aliphatic carbocycles. The molecule has 2 aromatic rings. The average Bonchev–Trinajstić information content (AvgIpc) is 2.85. The maximum atomic E-state index is 12.9. The van der Waals surface area contributed by atoms with E-state index in [1.54, 1.807) is 31.4 Å². The van der Waals surface area contributed by atoms with Crippen molar-refractivity contribution >= 4 is 21.5 Å². The van der Waals surface area contributed by atoms with E-state index < -0.39 is 10.0 Å². The summed E-state index contributed by atoms with van der Waals surface area (Å²) in [5.41, 5.74) is 2.91. The van der Waals surface area contributed by atoms with Crippen LogP contribution in [-0.4, -0.2) is 35.2 Å². The van der Waals surface area contributed by atoms with Gasteiger partial charge in [-0.2, -0.15) is 4.31 Å². The second-order valence-electron chi connectivity index (χ2n) is 5.00. The molecule has 0 saturated carbocycles. The van der Waals surface area contributed by atoms with Gasteiger partial charge < -0.3 is 5.43 Å². The molecule has 0 spiro atoms. The summed E-state index contributed by atoms with van der Waals surface area (Å²) in [7, 11) is -2.11. The van der Waals surface area contributed by atoms with Crippen molar-refractivity contribution < 1.29 is 8.42 Å². The van der Waals surface area contributed by atoms with E-state index in [1.165, 1.54) is 8.71 Å². The Kier molecular flexibility index (Phi) is 4.50. The Morgan fingerprint density at radius 2 is 2.19 bits per heavy atom. The van der Waals surface area contributed by atoms with Crippen LogP contribution in [0, 0.1) is 0 Å². The second kappa shape index (κ2) is 6.00. The van der Waals surface area contributed by atoms with E-state index in [4.69, 9.17) is 5.84 Å². The van der Waals surface area contributed by atoms with E-state index in [-0.39, 0.29) is 16.9 Å². The molecule has 0 aliphatic rings. The molecule has 3 N–H and O–H groups in total. The third kappa shape index (κ3) is 2.74. The normalized spacial score (nSPS) is 13.8. The van der Waals surface area contributed by atoms with Crippen LogP contribution < -0.4 is 11.3 Å².